The molecule has 1 aromatic carbocycles. The van der Waals surface area contributed by atoms with Gasteiger partial charge in [-0.1, -0.05) is 38.0 Å². The van der Waals surface area contributed by atoms with Gasteiger partial charge in [0, 0.05) is 16.8 Å². The van der Waals surface area contributed by atoms with Crippen LogP contribution in [0.4, 0.5) is 0 Å². The number of benzene rings is 1. The predicted octanol–water partition coefficient (Wildman–Crippen LogP) is 3.93. The lowest BCUT2D eigenvalue weighted by atomic mass is 9.77. The highest BCUT2D eigenvalue weighted by atomic mass is 32.1. The van der Waals surface area contributed by atoms with Gasteiger partial charge in [0.05, 0.1) is 6.61 Å². The number of fused-ring (bicyclic) bond motifs is 1. The maximum Gasteiger partial charge on any atom is 0.0613 e. The van der Waals surface area contributed by atoms with Gasteiger partial charge in [-0.25, -0.2) is 0 Å². The second kappa shape index (κ2) is 5.84. The summed E-state index contributed by atoms with van der Waals surface area (Å²) in [4.78, 5) is 0. The molecule has 1 aliphatic rings. The van der Waals surface area contributed by atoms with Crippen molar-refractivity contribution < 1.29 is 5.11 Å². The molecule has 0 saturated heterocycles. The van der Waals surface area contributed by atoms with Crippen molar-refractivity contribution in [3.63, 3.8) is 0 Å². The topological polar surface area (TPSA) is 32.3 Å². The molecule has 2 aromatic rings. The van der Waals surface area contributed by atoms with E-state index in [4.69, 9.17) is 0 Å². The minimum atomic E-state index is -0.0687. The summed E-state index contributed by atoms with van der Waals surface area (Å²) in [6.45, 7) is 3.40. The number of thiophene rings is 1. The summed E-state index contributed by atoms with van der Waals surface area (Å²) in [6, 6.07) is 8.56. The van der Waals surface area contributed by atoms with Gasteiger partial charge in [-0.05, 0) is 41.2 Å². The van der Waals surface area contributed by atoms with Gasteiger partial charge >= 0.3 is 0 Å². The molecule has 1 heterocycles. The smallest absolute Gasteiger partial charge is 0.0613 e. The van der Waals surface area contributed by atoms with Crippen LogP contribution in [0.5, 0.6) is 0 Å². The maximum atomic E-state index is 9.84. The lowest BCUT2D eigenvalue weighted by molar-refractivity contribution is 0.0984. The molecule has 1 aliphatic carbocycles. The van der Waals surface area contributed by atoms with E-state index in [0.29, 0.717) is 5.92 Å². The van der Waals surface area contributed by atoms with Crippen molar-refractivity contribution in [1.29, 1.82) is 0 Å². The second-order valence-corrected chi connectivity index (χ2v) is 7.16. The first kappa shape index (κ1) is 14.1. The molecule has 2 nitrogen and oxygen atoms in total. The summed E-state index contributed by atoms with van der Waals surface area (Å²) in [5.41, 5.74) is 1.29. The van der Waals surface area contributed by atoms with Crippen molar-refractivity contribution >= 4 is 21.4 Å². The van der Waals surface area contributed by atoms with E-state index >= 15 is 0 Å². The van der Waals surface area contributed by atoms with Crippen LogP contribution < -0.4 is 5.32 Å². The fraction of sp³-hybridized carbons (Fsp3) is 0.529. The molecule has 20 heavy (non-hydrogen) atoms. The molecule has 3 heteroatoms. The number of rotatable bonds is 4. The summed E-state index contributed by atoms with van der Waals surface area (Å²) >= 11 is 1.81. The van der Waals surface area contributed by atoms with Crippen LogP contribution in [0.25, 0.3) is 10.1 Å². The van der Waals surface area contributed by atoms with Crippen molar-refractivity contribution in [3.05, 3.63) is 35.2 Å². The molecule has 2 N–H and O–H groups in total. The molecule has 2 atom stereocenters. The minimum absolute atomic E-state index is 0.0687. The molecule has 0 bridgehead atoms. The molecule has 2 unspecified atom stereocenters. The van der Waals surface area contributed by atoms with Gasteiger partial charge in [-0.15, -0.1) is 11.3 Å². The van der Waals surface area contributed by atoms with Gasteiger partial charge in [0.25, 0.3) is 0 Å². The number of aliphatic hydroxyl groups is 1. The molecule has 1 fully saturated rings. The highest BCUT2D eigenvalue weighted by molar-refractivity contribution is 7.17. The molecule has 0 aliphatic heterocycles. The van der Waals surface area contributed by atoms with E-state index in [-0.39, 0.29) is 12.1 Å². The fourth-order valence-electron chi connectivity index (χ4n) is 3.47. The average Bonchev–Trinajstić information content (AvgIpc) is 2.88. The Labute approximate surface area is 124 Å². The standard InChI is InChI=1S/C17H23NOS/c1-13-5-4-8-17(9-13,12-19)18-10-14-11-20-16-7-3-2-6-15(14)16/h2-3,6-7,11,13,18-19H,4-5,8-10,12H2,1H3. The molecule has 0 amide bonds. The number of nitrogens with one attached hydrogen (secondary N) is 1. The first-order chi connectivity index (χ1) is 9.72. The van der Waals surface area contributed by atoms with Crippen molar-refractivity contribution in [1.82, 2.24) is 5.32 Å². The van der Waals surface area contributed by atoms with Crippen molar-refractivity contribution in [2.45, 2.75) is 44.7 Å². The highest BCUT2D eigenvalue weighted by Gasteiger charge is 2.33. The Kier molecular flexibility index (Phi) is 4.11. The van der Waals surface area contributed by atoms with Crippen LogP contribution in [0.1, 0.15) is 38.2 Å². The Morgan fingerprint density at radius 3 is 3.05 bits per heavy atom. The minimum Gasteiger partial charge on any atom is -0.394 e. The third-order valence-corrected chi connectivity index (χ3v) is 5.62. The molecule has 0 radical (unpaired) electrons. The first-order valence-electron chi connectivity index (χ1n) is 7.53. The summed E-state index contributed by atoms with van der Waals surface area (Å²) < 4.78 is 1.35. The van der Waals surface area contributed by atoms with Crippen molar-refractivity contribution in [3.8, 4) is 0 Å². The maximum absolute atomic E-state index is 9.84. The summed E-state index contributed by atoms with van der Waals surface area (Å²) in [5.74, 6) is 0.711. The van der Waals surface area contributed by atoms with Crippen LogP contribution in [0.3, 0.4) is 0 Å². The largest absolute Gasteiger partial charge is 0.394 e. The average molecular weight is 289 g/mol. The monoisotopic (exact) mass is 289 g/mol. The molecule has 0 spiro atoms. The SMILES string of the molecule is CC1CCCC(CO)(NCc2csc3ccccc23)C1. The third kappa shape index (κ3) is 2.76. The van der Waals surface area contributed by atoms with Crippen LogP contribution in [0.15, 0.2) is 29.6 Å². The van der Waals surface area contributed by atoms with Gasteiger partial charge in [-0.2, -0.15) is 0 Å². The van der Waals surface area contributed by atoms with Gasteiger partial charge in [0.2, 0.25) is 0 Å². The fourth-order valence-corrected chi connectivity index (χ4v) is 4.44. The van der Waals surface area contributed by atoms with Gasteiger partial charge in [-0.3, -0.25) is 0 Å². The zero-order chi connectivity index (χ0) is 14.0. The van der Waals surface area contributed by atoms with Crippen LogP contribution in [0, 0.1) is 5.92 Å². The summed E-state index contributed by atoms with van der Waals surface area (Å²) in [5, 5.41) is 17.1. The zero-order valence-corrected chi connectivity index (χ0v) is 12.9. The third-order valence-electron chi connectivity index (χ3n) is 4.61. The van der Waals surface area contributed by atoms with E-state index in [1.165, 1.54) is 28.5 Å². The zero-order valence-electron chi connectivity index (χ0n) is 12.1. The van der Waals surface area contributed by atoms with Crippen LogP contribution in [-0.2, 0) is 6.54 Å². The second-order valence-electron chi connectivity index (χ2n) is 6.25. The summed E-state index contributed by atoms with van der Waals surface area (Å²) in [6.07, 6.45) is 4.70. The van der Waals surface area contributed by atoms with Gasteiger partial charge in [0.1, 0.15) is 0 Å². The Bertz CT molecular complexity index is 579. The molecule has 3 rings (SSSR count). The highest BCUT2D eigenvalue weighted by Crippen LogP contribution is 2.33. The van der Waals surface area contributed by atoms with Crippen LogP contribution >= 0.6 is 11.3 Å². The molecular formula is C17H23NOS. The van der Waals surface area contributed by atoms with E-state index in [1.807, 2.05) is 0 Å². The van der Waals surface area contributed by atoms with Gasteiger partial charge < -0.3 is 10.4 Å². The normalized spacial score (nSPS) is 27.0. The van der Waals surface area contributed by atoms with Crippen LogP contribution in [0.2, 0.25) is 0 Å². The van der Waals surface area contributed by atoms with E-state index in [1.54, 1.807) is 11.3 Å². The Morgan fingerprint density at radius 2 is 2.25 bits per heavy atom. The van der Waals surface area contributed by atoms with Crippen molar-refractivity contribution in [2.75, 3.05) is 6.61 Å². The van der Waals surface area contributed by atoms with E-state index in [9.17, 15) is 5.11 Å². The van der Waals surface area contributed by atoms with E-state index in [2.05, 4.69) is 41.9 Å². The number of hydrogen-bond acceptors (Lipinski definition) is 3. The number of hydrogen-bond donors (Lipinski definition) is 2. The van der Waals surface area contributed by atoms with E-state index in [0.717, 1.165) is 19.4 Å². The van der Waals surface area contributed by atoms with Crippen molar-refractivity contribution in [2.24, 2.45) is 5.92 Å². The number of aliphatic hydroxyl groups excluding tert-OH is 1. The van der Waals surface area contributed by atoms with E-state index < -0.39 is 0 Å². The van der Waals surface area contributed by atoms with Crippen LogP contribution in [-0.4, -0.2) is 17.3 Å². The first-order valence-corrected chi connectivity index (χ1v) is 8.41. The Morgan fingerprint density at radius 1 is 1.40 bits per heavy atom. The lowest BCUT2D eigenvalue weighted by Gasteiger charge is -2.39. The Hall–Kier alpha value is -0.900. The van der Waals surface area contributed by atoms with Gasteiger partial charge in [0.15, 0.2) is 0 Å². The Balaban J connectivity index is 1.74. The predicted molar refractivity (Wildman–Crippen MR) is 86.1 cm³/mol. The molecule has 1 aromatic heterocycles. The summed E-state index contributed by atoms with van der Waals surface area (Å²) in [7, 11) is 0. The quantitative estimate of drug-likeness (QED) is 0.894. The molecule has 1 saturated carbocycles. The molecule has 108 valence electrons. The lowest BCUT2D eigenvalue weighted by Crippen LogP contribution is -2.51. The molecular weight excluding hydrogens is 266 g/mol.